The Hall–Kier alpha value is 0.170. The number of halogens is 1. The molecule has 2 fully saturated rings. The van der Waals surface area contributed by atoms with Crippen molar-refractivity contribution in [1.29, 1.82) is 0 Å². The highest BCUT2D eigenvalue weighted by Crippen LogP contribution is 2.29. The summed E-state index contributed by atoms with van der Waals surface area (Å²) in [6.45, 7) is 2.65. The Bertz CT molecular complexity index is 154. The van der Waals surface area contributed by atoms with Crippen LogP contribution in [0.4, 0.5) is 0 Å². The maximum atomic E-state index is 9.55. The number of aliphatic hydroxyl groups is 1. The third-order valence-corrected chi connectivity index (χ3v) is 3.05. The molecule has 1 unspecified atom stereocenters. The third kappa shape index (κ3) is 2.56. The van der Waals surface area contributed by atoms with Crippen LogP contribution in [0.25, 0.3) is 0 Å². The van der Waals surface area contributed by atoms with E-state index in [2.05, 4.69) is 5.32 Å². The molecule has 0 aromatic carbocycles. The van der Waals surface area contributed by atoms with E-state index in [1.165, 1.54) is 0 Å². The largest absolute Gasteiger partial charge is 0.393 e. The zero-order chi connectivity index (χ0) is 8.44. The monoisotopic (exact) mass is 207 g/mol. The predicted octanol–water partition coefficient (Wildman–Crippen LogP) is 0.702. The van der Waals surface area contributed by atoms with Gasteiger partial charge in [-0.3, -0.25) is 0 Å². The normalized spacial score (nSPS) is 32.5. The van der Waals surface area contributed by atoms with Gasteiger partial charge >= 0.3 is 0 Å². The second-order valence-corrected chi connectivity index (χ2v) is 3.97. The summed E-state index contributed by atoms with van der Waals surface area (Å²) in [5.41, 5.74) is 0.204. The molecule has 2 aliphatic heterocycles. The van der Waals surface area contributed by atoms with Gasteiger partial charge < -0.3 is 15.2 Å². The summed E-state index contributed by atoms with van der Waals surface area (Å²) in [5.74, 6) is 0. The zero-order valence-corrected chi connectivity index (χ0v) is 8.61. The molecule has 0 bridgehead atoms. The molecule has 0 aromatic rings. The van der Waals surface area contributed by atoms with E-state index in [1.807, 2.05) is 0 Å². The van der Waals surface area contributed by atoms with Crippen molar-refractivity contribution in [3.05, 3.63) is 0 Å². The lowest BCUT2D eigenvalue weighted by Crippen LogP contribution is -2.55. The summed E-state index contributed by atoms with van der Waals surface area (Å²) in [6, 6.07) is 0. The highest BCUT2D eigenvalue weighted by atomic mass is 35.5. The van der Waals surface area contributed by atoms with Gasteiger partial charge in [0, 0.05) is 18.8 Å². The van der Waals surface area contributed by atoms with Crippen LogP contribution < -0.4 is 5.32 Å². The molecule has 4 heteroatoms. The van der Waals surface area contributed by atoms with Crippen LogP contribution in [0.5, 0.6) is 0 Å². The van der Waals surface area contributed by atoms with Crippen molar-refractivity contribution in [3.8, 4) is 0 Å². The van der Waals surface area contributed by atoms with Gasteiger partial charge in [0.05, 0.1) is 6.10 Å². The van der Waals surface area contributed by atoms with E-state index in [4.69, 9.17) is 4.74 Å². The van der Waals surface area contributed by atoms with Crippen molar-refractivity contribution in [1.82, 2.24) is 5.32 Å². The first-order valence-corrected chi connectivity index (χ1v) is 4.82. The van der Waals surface area contributed by atoms with Gasteiger partial charge in [0.25, 0.3) is 0 Å². The molecule has 2 N–H and O–H groups in total. The van der Waals surface area contributed by atoms with Crippen LogP contribution in [0.15, 0.2) is 0 Å². The van der Waals surface area contributed by atoms with E-state index in [1.54, 1.807) is 0 Å². The summed E-state index contributed by atoms with van der Waals surface area (Å²) in [5, 5.41) is 13.1. The Morgan fingerprint density at radius 1 is 1.31 bits per heavy atom. The minimum absolute atomic E-state index is 0. The van der Waals surface area contributed by atoms with E-state index in [9.17, 15) is 5.11 Å². The smallest absolute Gasteiger partial charge is 0.0570 e. The van der Waals surface area contributed by atoms with Crippen LogP contribution in [0.1, 0.15) is 25.7 Å². The second kappa shape index (κ2) is 4.60. The van der Waals surface area contributed by atoms with Gasteiger partial charge in [-0.2, -0.15) is 0 Å². The fourth-order valence-electron chi connectivity index (χ4n) is 2.27. The second-order valence-electron chi connectivity index (χ2n) is 3.97. The van der Waals surface area contributed by atoms with Gasteiger partial charge in [-0.1, -0.05) is 0 Å². The van der Waals surface area contributed by atoms with Gasteiger partial charge in [-0.05, 0) is 32.2 Å². The fraction of sp³-hybridized carbons (Fsp3) is 1.00. The first-order valence-electron chi connectivity index (χ1n) is 4.82. The third-order valence-electron chi connectivity index (χ3n) is 3.05. The van der Waals surface area contributed by atoms with Crippen LogP contribution in [-0.4, -0.2) is 36.5 Å². The quantitative estimate of drug-likeness (QED) is 0.615. The molecule has 3 nitrogen and oxygen atoms in total. The summed E-state index contributed by atoms with van der Waals surface area (Å²) < 4.78 is 5.31. The van der Waals surface area contributed by atoms with Crippen molar-refractivity contribution < 1.29 is 9.84 Å². The zero-order valence-electron chi connectivity index (χ0n) is 7.79. The van der Waals surface area contributed by atoms with Gasteiger partial charge in [0.15, 0.2) is 0 Å². The van der Waals surface area contributed by atoms with Gasteiger partial charge in [0.2, 0.25) is 0 Å². The van der Waals surface area contributed by atoms with Crippen LogP contribution in [0.3, 0.4) is 0 Å². The number of rotatable bonds is 0. The Kier molecular flexibility index (Phi) is 3.98. The van der Waals surface area contributed by atoms with Crippen molar-refractivity contribution in [2.45, 2.75) is 37.3 Å². The highest BCUT2D eigenvalue weighted by molar-refractivity contribution is 5.85. The van der Waals surface area contributed by atoms with Crippen molar-refractivity contribution >= 4 is 12.4 Å². The van der Waals surface area contributed by atoms with E-state index < -0.39 is 0 Å². The standard InChI is InChI=1S/C9H17NO2.ClH/c11-8-1-4-10-9(7-8)2-5-12-6-3-9;/h8,10-11H,1-7H2;1H. The maximum absolute atomic E-state index is 9.55. The van der Waals surface area contributed by atoms with E-state index >= 15 is 0 Å². The maximum Gasteiger partial charge on any atom is 0.0570 e. The number of ether oxygens (including phenoxy) is 1. The van der Waals surface area contributed by atoms with Crippen LogP contribution >= 0.6 is 12.4 Å². The number of aliphatic hydroxyl groups excluding tert-OH is 1. The number of hydrogen-bond donors (Lipinski definition) is 2. The number of nitrogens with one attached hydrogen (secondary N) is 1. The number of hydrogen-bond acceptors (Lipinski definition) is 3. The van der Waals surface area contributed by atoms with E-state index in [0.29, 0.717) is 0 Å². The molecule has 0 saturated carbocycles. The van der Waals surface area contributed by atoms with Gasteiger partial charge in [-0.25, -0.2) is 0 Å². The lowest BCUT2D eigenvalue weighted by molar-refractivity contribution is -0.00541. The highest BCUT2D eigenvalue weighted by Gasteiger charge is 2.36. The van der Waals surface area contributed by atoms with Crippen molar-refractivity contribution in [2.75, 3.05) is 19.8 Å². The van der Waals surface area contributed by atoms with E-state index in [-0.39, 0.29) is 24.0 Å². The van der Waals surface area contributed by atoms with Crippen LogP contribution in [0, 0.1) is 0 Å². The lowest BCUT2D eigenvalue weighted by Gasteiger charge is -2.43. The molecule has 1 spiro atoms. The Labute approximate surface area is 85.3 Å². The summed E-state index contributed by atoms with van der Waals surface area (Å²) in [7, 11) is 0. The topological polar surface area (TPSA) is 41.5 Å². The minimum Gasteiger partial charge on any atom is -0.393 e. The first-order chi connectivity index (χ1) is 5.81. The molecular formula is C9H18ClNO2. The van der Waals surface area contributed by atoms with Crippen LogP contribution in [0.2, 0.25) is 0 Å². The molecular weight excluding hydrogens is 190 g/mol. The Morgan fingerprint density at radius 2 is 2.00 bits per heavy atom. The number of piperidine rings is 1. The SMILES string of the molecule is Cl.OC1CCNC2(CCOCC2)C1. The molecule has 2 aliphatic rings. The van der Waals surface area contributed by atoms with Gasteiger partial charge in [0.1, 0.15) is 0 Å². The molecule has 0 amide bonds. The average Bonchev–Trinajstić information content (AvgIpc) is 2.05. The minimum atomic E-state index is -0.0932. The first kappa shape index (κ1) is 11.2. The fourth-order valence-corrected chi connectivity index (χ4v) is 2.27. The predicted molar refractivity (Wildman–Crippen MR) is 53.3 cm³/mol. The Morgan fingerprint density at radius 3 is 2.62 bits per heavy atom. The van der Waals surface area contributed by atoms with E-state index in [0.717, 1.165) is 45.4 Å². The molecule has 0 radical (unpaired) electrons. The van der Waals surface area contributed by atoms with Crippen molar-refractivity contribution in [2.24, 2.45) is 0 Å². The molecule has 78 valence electrons. The molecule has 0 aliphatic carbocycles. The van der Waals surface area contributed by atoms with Crippen molar-refractivity contribution in [3.63, 3.8) is 0 Å². The Balaban J connectivity index is 0.000000845. The summed E-state index contributed by atoms with van der Waals surface area (Å²) >= 11 is 0. The molecule has 2 saturated heterocycles. The molecule has 0 aromatic heterocycles. The lowest BCUT2D eigenvalue weighted by atomic mass is 9.81. The molecule has 1 atom stereocenters. The molecule has 13 heavy (non-hydrogen) atoms. The molecule has 2 heterocycles. The average molecular weight is 208 g/mol. The molecule has 2 rings (SSSR count). The van der Waals surface area contributed by atoms with Crippen LogP contribution in [-0.2, 0) is 4.74 Å². The summed E-state index contributed by atoms with van der Waals surface area (Å²) in [4.78, 5) is 0. The summed E-state index contributed by atoms with van der Waals surface area (Å²) in [6.07, 6.45) is 3.84. The van der Waals surface area contributed by atoms with Gasteiger partial charge in [-0.15, -0.1) is 12.4 Å².